The fourth-order valence-electron chi connectivity index (χ4n) is 5.15. The standard InChI is InChI=1S/C26H29NO4/c1-15-13-17(3)25(31-4)20(14-15)23(28)21-22(19-12-8-5-9-16(19)2)27(26(30)24(21)29)18-10-6-7-11-18/h5,8-9,12-14,18,22,28H,6-7,10-11H2,1-4H3/b23-21+. The van der Waals surface area contributed by atoms with Crippen LogP contribution in [0.4, 0.5) is 0 Å². The Morgan fingerprint density at radius 2 is 1.71 bits per heavy atom. The van der Waals surface area contributed by atoms with Crippen LogP contribution in [0.25, 0.3) is 5.76 Å². The van der Waals surface area contributed by atoms with Gasteiger partial charge in [-0.2, -0.15) is 0 Å². The minimum absolute atomic E-state index is 0.00694. The first-order valence-electron chi connectivity index (χ1n) is 10.9. The van der Waals surface area contributed by atoms with Gasteiger partial charge in [-0.05, 0) is 61.9 Å². The Morgan fingerprint density at radius 1 is 1.03 bits per heavy atom. The van der Waals surface area contributed by atoms with Crippen molar-refractivity contribution in [2.75, 3.05) is 7.11 Å². The number of aryl methyl sites for hydroxylation is 3. The van der Waals surface area contributed by atoms with E-state index in [-0.39, 0.29) is 17.4 Å². The maximum Gasteiger partial charge on any atom is 0.295 e. The minimum atomic E-state index is -0.626. The second kappa shape index (κ2) is 8.22. The van der Waals surface area contributed by atoms with E-state index in [2.05, 4.69) is 0 Å². The summed E-state index contributed by atoms with van der Waals surface area (Å²) >= 11 is 0. The number of hydrogen-bond donors (Lipinski definition) is 1. The van der Waals surface area contributed by atoms with Crippen LogP contribution in [0.5, 0.6) is 5.75 Å². The molecule has 1 atom stereocenters. The highest BCUT2D eigenvalue weighted by Crippen LogP contribution is 2.45. The number of ether oxygens (including phenoxy) is 1. The Labute approximate surface area is 183 Å². The SMILES string of the molecule is COc1c(C)cc(C)cc1/C(O)=C1\C(=O)C(=O)N(C2CCCC2)C1c1ccccc1C. The van der Waals surface area contributed by atoms with Crippen LogP contribution in [-0.4, -0.2) is 34.8 Å². The van der Waals surface area contributed by atoms with E-state index in [1.54, 1.807) is 18.1 Å². The number of aliphatic hydroxyl groups excluding tert-OH is 1. The van der Waals surface area contributed by atoms with Crippen molar-refractivity contribution in [1.29, 1.82) is 0 Å². The Balaban J connectivity index is 1.98. The molecule has 5 nitrogen and oxygen atoms in total. The van der Waals surface area contributed by atoms with E-state index in [0.29, 0.717) is 11.3 Å². The lowest BCUT2D eigenvalue weighted by Crippen LogP contribution is -2.37. The Hall–Kier alpha value is -3.08. The fourth-order valence-corrected chi connectivity index (χ4v) is 5.15. The molecule has 1 amide bonds. The number of benzene rings is 2. The van der Waals surface area contributed by atoms with Crippen molar-refractivity contribution in [2.45, 2.75) is 58.5 Å². The van der Waals surface area contributed by atoms with Gasteiger partial charge in [0.25, 0.3) is 11.7 Å². The number of methoxy groups -OCH3 is 1. The quantitative estimate of drug-likeness (QED) is 0.431. The van der Waals surface area contributed by atoms with Crippen LogP contribution in [0.15, 0.2) is 42.0 Å². The predicted molar refractivity (Wildman–Crippen MR) is 120 cm³/mol. The zero-order valence-corrected chi connectivity index (χ0v) is 18.6. The molecule has 2 aromatic rings. The first-order chi connectivity index (χ1) is 14.8. The monoisotopic (exact) mass is 419 g/mol. The van der Waals surface area contributed by atoms with Crippen LogP contribution in [-0.2, 0) is 9.59 Å². The third-order valence-electron chi connectivity index (χ3n) is 6.56. The number of carbonyl (C=O) groups excluding carboxylic acids is 2. The summed E-state index contributed by atoms with van der Waals surface area (Å²) in [6.45, 7) is 5.80. The van der Waals surface area contributed by atoms with Crippen LogP contribution in [0, 0.1) is 20.8 Å². The molecule has 1 saturated carbocycles. The van der Waals surface area contributed by atoms with Gasteiger partial charge in [-0.25, -0.2) is 0 Å². The molecule has 1 aliphatic heterocycles. The first-order valence-corrected chi connectivity index (χ1v) is 10.9. The molecule has 1 saturated heterocycles. The molecular weight excluding hydrogens is 390 g/mol. The van der Waals surface area contributed by atoms with E-state index in [9.17, 15) is 14.7 Å². The molecule has 0 bridgehead atoms. The number of likely N-dealkylation sites (tertiary alicyclic amines) is 1. The fraction of sp³-hybridized carbons (Fsp3) is 0.385. The number of hydrogen-bond acceptors (Lipinski definition) is 4. The predicted octanol–water partition coefficient (Wildman–Crippen LogP) is 4.98. The summed E-state index contributed by atoms with van der Waals surface area (Å²) in [6, 6.07) is 10.9. The van der Waals surface area contributed by atoms with Gasteiger partial charge < -0.3 is 14.7 Å². The van der Waals surface area contributed by atoms with Crippen LogP contribution >= 0.6 is 0 Å². The summed E-state index contributed by atoms with van der Waals surface area (Å²) < 4.78 is 5.56. The topological polar surface area (TPSA) is 66.8 Å². The van der Waals surface area contributed by atoms with E-state index < -0.39 is 17.7 Å². The molecule has 2 aromatic carbocycles. The molecule has 5 heteroatoms. The van der Waals surface area contributed by atoms with E-state index in [0.717, 1.165) is 47.9 Å². The van der Waals surface area contributed by atoms with Crippen molar-refractivity contribution >= 4 is 17.4 Å². The van der Waals surface area contributed by atoms with Crippen LogP contribution < -0.4 is 4.74 Å². The Morgan fingerprint density at radius 3 is 2.35 bits per heavy atom. The normalized spacial score (nSPS) is 21.2. The van der Waals surface area contributed by atoms with Gasteiger partial charge in [-0.15, -0.1) is 0 Å². The molecule has 0 aromatic heterocycles. The number of rotatable bonds is 4. The average molecular weight is 420 g/mol. The maximum atomic E-state index is 13.3. The first kappa shape index (κ1) is 21.2. The second-order valence-corrected chi connectivity index (χ2v) is 8.66. The van der Waals surface area contributed by atoms with Crippen LogP contribution in [0.1, 0.15) is 59.5 Å². The number of ketones is 1. The molecule has 31 heavy (non-hydrogen) atoms. The minimum Gasteiger partial charge on any atom is -0.507 e. The largest absolute Gasteiger partial charge is 0.507 e. The van der Waals surface area contributed by atoms with Crippen molar-refractivity contribution in [3.63, 3.8) is 0 Å². The summed E-state index contributed by atoms with van der Waals surface area (Å²) in [5, 5.41) is 11.5. The molecule has 1 heterocycles. The van der Waals surface area contributed by atoms with E-state index in [4.69, 9.17) is 4.74 Å². The maximum absolute atomic E-state index is 13.3. The Kier molecular flexibility index (Phi) is 5.61. The van der Waals surface area contributed by atoms with Gasteiger partial charge in [0.05, 0.1) is 24.3 Å². The molecule has 0 spiro atoms. The van der Waals surface area contributed by atoms with Crippen molar-refractivity contribution < 1.29 is 19.4 Å². The molecule has 2 fully saturated rings. The smallest absolute Gasteiger partial charge is 0.295 e. The van der Waals surface area contributed by atoms with E-state index >= 15 is 0 Å². The number of amides is 1. The zero-order valence-electron chi connectivity index (χ0n) is 18.6. The third kappa shape index (κ3) is 3.52. The molecule has 2 aliphatic rings. The highest BCUT2D eigenvalue weighted by Gasteiger charge is 2.49. The summed E-state index contributed by atoms with van der Waals surface area (Å²) in [6.07, 6.45) is 3.84. The molecule has 162 valence electrons. The second-order valence-electron chi connectivity index (χ2n) is 8.66. The number of carbonyl (C=O) groups is 2. The van der Waals surface area contributed by atoms with Crippen LogP contribution in [0.3, 0.4) is 0 Å². The molecule has 1 aliphatic carbocycles. The van der Waals surface area contributed by atoms with Gasteiger partial charge in [0, 0.05) is 6.04 Å². The highest BCUT2D eigenvalue weighted by atomic mass is 16.5. The van der Waals surface area contributed by atoms with Gasteiger partial charge in [0.15, 0.2) is 0 Å². The summed E-state index contributed by atoms with van der Waals surface area (Å²) in [5.74, 6) is -0.807. The molecule has 4 rings (SSSR count). The lowest BCUT2D eigenvalue weighted by Gasteiger charge is -2.31. The molecule has 1 N–H and O–H groups in total. The van der Waals surface area contributed by atoms with Crippen LogP contribution in [0.2, 0.25) is 0 Å². The number of nitrogens with zero attached hydrogens (tertiary/aromatic N) is 1. The van der Waals surface area contributed by atoms with Gasteiger partial charge in [-0.3, -0.25) is 9.59 Å². The third-order valence-corrected chi connectivity index (χ3v) is 6.56. The van der Waals surface area contributed by atoms with Crippen molar-refractivity contribution in [1.82, 2.24) is 4.90 Å². The average Bonchev–Trinajstić information content (AvgIpc) is 3.34. The van der Waals surface area contributed by atoms with Crippen molar-refractivity contribution in [3.8, 4) is 5.75 Å². The lowest BCUT2D eigenvalue weighted by atomic mass is 9.91. The summed E-state index contributed by atoms with van der Waals surface area (Å²) in [5.41, 5.74) is 4.26. The number of aliphatic hydroxyl groups is 1. The van der Waals surface area contributed by atoms with Gasteiger partial charge in [-0.1, -0.05) is 43.2 Å². The highest BCUT2D eigenvalue weighted by molar-refractivity contribution is 6.46. The van der Waals surface area contributed by atoms with Crippen molar-refractivity contribution in [3.05, 3.63) is 69.8 Å². The zero-order chi connectivity index (χ0) is 22.3. The number of Topliss-reactive ketones (excluding diaryl/α,β-unsaturated/α-hetero) is 1. The summed E-state index contributed by atoms with van der Waals surface area (Å²) in [7, 11) is 1.55. The van der Waals surface area contributed by atoms with Gasteiger partial charge in [0.2, 0.25) is 0 Å². The Bertz CT molecular complexity index is 1080. The van der Waals surface area contributed by atoms with Gasteiger partial charge in [0.1, 0.15) is 11.5 Å². The molecule has 1 unspecified atom stereocenters. The van der Waals surface area contributed by atoms with E-state index in [1.807, 2.05) is 51.1 Å². The van der Waals surface area contributed by atoms with E-state index in [1.165, 1.54) is 0 Å². The molecule has 0 radical (unpaired) electrons. The molecular formula is C26H29NO4. The van der Waals surface area contributed by atoms with Crippen molar-refractivity contribution in [2.24, 2.45) is 0 Å². The lowest BCUT2D eigenvalue weighted by molar-refractivity contribution is -0.141. The summed E-state index contributed by atoms with van der Waals surface area (Å²) in [4.78, 5) is 28.2. The van der Waals surface area contributed by atoms with Gasteiger partial charge >= 0.3 is 0 Å².